The SMILES string of the molecule is Cc1nc2c3c(F)cccc3[nH]n2c(=O)c1CCC(=O)NCCc1ccc(O)cc1. The Bertz CT molecular complexity index is 1290. The molecule has 30 heavy (non-hydrogen) atoms. The molecule has 7 nitrogen and oxygen atoms in total. The highest BCUT2D eigenvalue weighted by Crippen LogP contribution is 2.21. The first-order valence-electron chi connectivity index (χ1n) is 9.67. The number of benzene rings is 2. The average molecular weight is 408 g/mol. The van der Waals surface area contributed by atoms with Crippen molar-refractivity contribution in [2.75, 3.05) is 6.54 Å². The molecule has 0 spiro atoms. The fraction of sp³-hybridized carbons (Fsp3) is 0.227. The molecule has 0 atom stereocenters. The molecule has 8 heteroatoms. The molecule has 0 bridgehead atoms. The molecular weight excluding hydrogens is 387 g/mol. The molecule has 0 fully saturated rings. The molecule has 1 amide bonds. The first kappa shape index (κ1) is 19.6. The Hall–Kier alpha value is -3.68. The van der Waals surface area contributed by atoms with E-state index in [4.69, 9.17) is 0 Å². The zero-order valence-electron chi connectivity index (χ0n) is 16.4. The number of halogens is 1. The fourth-order valence-electron chi connectivity index (χ4n) is 3.52. The molecular formula is C22H21FN4O3. The lowest BCUT2D eigenvalue weighted by Crippen LogP contribution is -2.28. The molecule has 0 aliphatic heterocycles. The van der Waals surface area contributed by atoms with Gasteiger partial charge in [-0.15, -0.1) is 0 Å². The lowest BCUT2D eigenvalue weighted by atomic mass is 10.1. The van der Waals surface area contributed by atoms with Crippen molar-refractivity contribution < 1.29 is 14.3 Å². The van der Waals surface area contributed by atoms with Crippen LogP contribution in [0.15, 0.2) is 47.3 Å². The van der Waals surface area contributed by atoms with E-state index in [9.17, 15) is 19.1 Å². The van der Waals surface area contributed by atoms with Gasteiger partial charge >= 0.3 is 0 Å². The number of aromatic amines is 1. The van der Waals surface area contributed by atoms with E-state index in [-0.39, 0.29) is 41.1 Å². The summed E-state index contributed by atoms with van der Waals surface area (Å²) in [6.07, 6.45) is 1.03. The number of fused-ring (bicyclic) bond motifs is 3. The number of phenols is 1. The van der Waals surface area contributed by atoms with Crippen LogP contribution in [0, 0.1) is 12.7 Å². The van der Waals surface area contributed by atoms with E-state index in [2.05, 4.69) is 15.4 Å². The lowest BCUT2D eigenvalue weighted by Gasteiger charge is -2.07. The molecule has 0 aliphatic carbocycles. The van der Waals surface area contributed by atoms with Crippen LogP contribution in [-0.2, 0) is 17.6 Å². The number of rotatable bonds is 6. The van der Waals surface area contributed by atoms with Crippen LogP contribution in [0.25, 0.3) is 16.6 Å². The third kappa shape index (κ3) is 3.76. The minimum Gasteiger partial charge on any atom is -0.508 e. The average Bonchev–Trinajstić information content (AvgIpc) is 3.09. The molecule has 0 unspecified atom stereocenters. The molecule has 2 aromatic heterocycles. The summed E-state index contributed by atoms with van der Waals surface area (Å²) in [5.41, 5.74) is 2.32. The summed E-state index contributed by atoms with van der Waals surface area (Å²) in [5, 5.41) is 15.3. The monoisotopic (exact) mass is 408 g/mol. The lowest BCUT2D eigenvalue weighted by molar-refractivity contribution is -0.121. The van der Waals surface area contributed by atoms with Gasteiger partial charge in [0.2, 0.25) is 5.91 Å². The van der Waals surface area contributed by atoms with E-state index in [1.54, 1.807) is 43.3 Å². The second-order valence-electron chi connectivity index (χ2n) is 7.18. The standard InChI is InChI=1S/C22H21FN4O3/c1-13-16(9-10-19(29)24-12-11-14-5-7-15(28)8-6-14)22(30)27-21(25-13)20-17(23)3-2-4-18(20)26-27/h2-8,26,28H,9-12H2,1H3,(H,24,29). The molecule has 3 N–H and O–H groups in total. The van der Waals surface area contributed by atoms with Gasteiger partial charge in [0.1, 0.15) is 11.6 Å². The maximum atomic E-state index is 14.2. The Kier molecular flexibility index (Phi) is 5.22. The van der Waals surface area contributed by atoms with Crippen LogP contribution in [-0.4, -0.2) is 32.2 Å². The van der Waals surface area contributed by atoms with E-state index in [1.807, 2.05) is 0 Å². The van der Waals surface area contributed by atoms with Gasteiger partial charge in [-0.1, -0.05) is 18.2 Å². The Labute approximate surface area is 171 Å². The van der Waals surface area contributed by atoms with Crippen molar-refractivity contribution in [3.63, 3.8) is 0 Å². The molecule has 0 saturated heterocycles. The van der Waals surface area contributed by atoms with E-state index in [0.29, 0.717) is 29.7 Å². The normalized spacial score (nSPS) is 11.3. The number of amides is 1. The van der Waals surface area contributed by atoms with E-state index < -0.39 is 5.82 Å². The van der Waals surface area contributed by atoms with Crippen LogP contribution in [0.1, 0.15) is 23.2 Å². The highest BCUT2D eigenvalue weighted by molar-refractivity contribution is 5.92. The van der Waals surface area contributed by atoms with Gasteiger partial charge in [0.15, 0.2) is 5.65 Å². The van der Waals surface area contributed by atoms with Gasteiger partial charge in [-0.25, -0.2) is 13.9 Å². The number of carbonyl (C=O) groups excluding carboxylic acids is 1. The summed E-state index contributed by atoms with van der Waals surface area (Å²) in [5.74, 6) is -0.411. The fourth-order valence-corrected chi connectivity index (χ4v) is 3.52. The van der Waals surface area contributed by atoms with Gasteiger partial charge in [-0.2, -0.15) is 0 Å². The quantitative estimate of drug-likeness (QED) is 0.457. The Morgan fingerprint density at radius 2 is 1.97 bits per heavy atom. The second-order valence-corrected chi connectivity index (χ2v) is 7.18. The first-order chi connectivity index (χ1) is 14.4. The summed E-state index contributed by atoms with van der Waals surface area (Å²) in [4.78, 5) is 29.5. The van der Waals surface area contributed by atoms with E-state index in [1.165, 1.54) is 10.6 Å². The number of aromatic nitrogens is 3. The van der Waals surface area contributed by atoms with Gasteiger partial charge in [0.05, 0.1) is 10.9 Å². The molecule has 4 rings (SSSR count). The van der Waals surface area contributed by atoms with Gasteiger partial charge in [0.25, 0.3) is 5.56 Å². The number of H-pyrrole nitrogens is 1. The van der Waals surface area contributed by atoms with Crippen molar-refractivity contribution in [1.29, 1.82) is 0 Å². The summed E-state index contributed by atoms with van der Waals surface area (Å²) >= 11 is 0. The predicted molar refractivity (Wildman–Crippen MR) is 111 cm³/mol. The number of hydrogen-bond acceptors (Lipinski definition) is 4. The molecule has 0 saturated carbocycles. The number of nitrogens with one attached hydrogen (secondary N) is 2. The number of carbonyl (C=O) groups is 1. The van der Waals surface area contributed by atoms with E-state index >= 15 is 0 Å². The van der Waals surface area contributed by atoms with Crippen LogP contribution in [0.5, 0.6) is 5.75 Å². The van der Waals surface area contributed by atoms with Crippen molar-refractivity contribution in [1.82, 2.24) is 19.9 Å². The smallest absolute Gasteiger partial charge is 0.276 e. The van der Waals surface area contributed by atoms with Crippen molar-refractivity contribution in [2.24, 2.45) is 0 Å². The van der Waals surface area contributed by atoms with Crippen LogP contribution in [0.2, 0.25) is 0 Å². The number of hydrogen-bond donors (Lipinski definition) is 3. The Morgan fingerprint density at radius 1 is 1.20 bits per heavy atom. The summed E-state index contributed by atoms with van der Waals surface area (Å²) in [6.45, 7) is 2.15. The number of aryl methyl sites for hydroxylation is 1. The minimum absolute atomic E-state index is 0.147. The molecule has 0 radical (unpaired) electrons. The molecule has 2 aromatic carbocycles. The molecule has 0 aliphatic rings. The van der Waals surface area contributed by atoms with Crippen molar-refractivity contribution in [3.8, 4) is 5.75 Å². The highest BCUT2D eigenvalue weighted by Gasteiger charge is 2.16. The number of aromatic hydroxyl groups is 1. The van der Waals surface area contributed by atoms with Crippen molar-refractivity contribution in [3.05, 3.63) is 75.5 Å². The van der Waals surface area contributed by atoms with Gasteiger partial charge in [-0.3, -0.25) is 14.7 Å². The maximum absolute atomic E-state index is 14.2. The third-order valence-electron chi connectivity index (χ3n) is 5.13. The van der Waals surface area contributed by atoms with E-state index in [0.717, 1.165) is 5.56 Å². The van der Waals surface area contributed by atoms with Crippen molar-refractivity contribution >= 4 is 22.5 Å². The summed E-state index contributed by atoms with van der Waals surface area (Å²) < 4.78 is 15.4. The number of phenolic OH excluding ortho intramolecular Hbond substituents is 1. The van der Waals surface area contributed by atoms with Crippen LogP contribution in [0.4, 0.5) is 4.39 Å². The van der Waals surface area contributed by atoms with Crippen LogP contribution < -0.4 is 10.9 Å². The number of nitrogens with zero attached hydrogens (tertiary/aromatic N) is 2. The molecule has 154 valence electrons. The van der Waals surface area contributed by atoms with Gasteiger partial charge in [0, 0.05) is 24.2 Å². The largest absolute Gasteiger partial charge is 0.508 e. The summed E-state index contributed by atoms with van der Waals surface area (Å²) in [6, 6.07) is 11.4. The third-order valence-corrected chi connectivity index (χ3v) is 5.13. The highest BCUT2D eigenvalue weighted by atomic mass is 19.1. The summed E-state index contributed by atoms with van der Waals surface area (Å²) in [7, 11) is 0. The van der Waals surface area contributed by atoms with Crippen LogP contribution in [0.3, 0.4) is 0 Å². The first-order valence-corrected chi connectivity index (χ1v) is 9.67. The predicted octanol–water partition coefficient (Wildman–Crippen LogP) is 2.62. The van der Waals surface area contributed by atoms with Gasteiger partial charge < -0.3 is 10.4 Å². The van der Waals surface area contributed by atoms with Crippen LogP contribution >= 0.6 is 0 Å². The topological polar surface area (TPSA) is 99.5 Å². The maximum Gasteiger partial charge on any atom is 0.276 e. The molecule has 4 aromatic rings. The second kappa shape index (κ2) is 7.98. The Morgan fingerprint density at radius 3 is 2.73 bits per heavy atom. The molecule has 2 heterocycles. The zero-order chi connectivity index (χ0) is 21.3. The van der Waals surface area contributed by atoms with Crippen molar-refractivity contribution in [2.45, 2.75) is 26.2 Å². The minimum atomic E-state index is -0.446. The zero-order valence-corrected chi connectivity index (χ0v) is 16.4. The Balaban J connectivity index is 1.45. The van der Waals surface area contributed by atoms with Gasteiger partial charge in [-0.05, 0) is 49.6 Å².